The third-order valence-electron chi connectivity index (χ3n) is 13.1. The van der Waals surface area contributed by atoms with Gasteiger partial charge in [0.2, 0.25) is 11.8 Å². The summed E-state index contributed by atoms with van der Waals surface area (Å²) in [5.74, 6) is -0.857. The van der Waals surface area contributed by atoms with Crippen molar-refractivity contribution in [2.75, 3.05) is 13.1 Å². The Labute approximate surface area is 361 Å². The van der Waals surface area contributed by atoms with Crippen LogP contribution in [0, 0.1) is 0 Å². The maximum absolute atomic E-state index is 14.4. The Morgan fingerprint density at radius 2 is 1.32 bits per heavy atom. The Balaban J connectivity index is 1.91. The van der Waals surface area contributed by atoms with Crippen molar-refractivity contribution in [3.63, 3.8) is 0 Å². The van der Waals surface area contributed by atoms with Crippen molar-refractivity contribution < 1.29 is 27.9 Å². The lowest BCUT2D eigenvalue weighted by atomic mass is 9.98. The van der Waals surface area contributed by atoms with Crippen molar-refractivity contribution in [1.82, 2.24) is 19.8 Å². The number of rotatable bonds is 24. The van der Waals surface area contributed by atoms with Gasteiger partial charge < -0.3 is 28.5 Å². The molecular formula is C43H79N7O8Si2. The quantitative estimate of drug-likeness (QED) is 0.0338. The number of ether oxygens (including phenoxy) is 2. The minimum absolute atomic E-state index is 0.234. The normalized spacial score (nSPS) is 23.8. The number of unbranched alkanes of at least 4 members (excludes halogenated alkanes) is 13. The van der Waals surface area contributed by atoms with E-state index in [1.807, 2.05) is 0 Å². The van der Waals surface area contributed by atoms with E-state index < -0.39 is 82.6 Å². The Bertz CT molecular complexity index is 1680. The summed E-state index contributed by atoms with van der Waals surface area (Å²) in [5.41, 5.74) is 8.03. The van der Waals surface area contributed by atoms with E-state index in [1.54, 1.807) is 0 Å². The van der Waals surface area contributed by atoms with E-state index >= 15 is 0 Å². The molecule has 15 nitrogen and oxygen atoms in total. The van der Waals surface area contributed by atoms with E-state index in [1.165, 1.54) is 92.9 Å². The molecule has 0 radical (unpaired) electrons. The zero-order valence-electron chi connectivity index (χ0n) is 39.0. The van der Waals surface area contributed by atoms with Crippen molar-refractivity contribution in [2.45, 2.75) is 224 Å². The molecule has 2 amide bonds. The second kappa shape index (κ2) is 23.0. The highest BCUT2D eigenvalue weighted by atomic mass is 28.4. The van der Waals surface area contributed by atoms with E-state index in [0.717, 1.165) is 25.7 Å². The van der Waals surface area contributed by atoms with E-state index in [-0.39, 0.29) is 16.6 Å². The number of azide groups is 1. The Morgan fingerprint density at radius 1 is 0.817 bits per heavy atom. The molecule has 1 aromatic rings. The van der Waals surface area contributed by atoms with Gasteiger partial charge in [0.25, 0.3) is 5.56 Å². The number of aromatic amines is 1. The second-order valence-corrected chi connectivity index (χ2v) is 29.4. The molecule has 60 heavy (non-hydrogen) atoms. The van der Waals surface area contributed by atoms with Crippen LogP contribution in [0.1, 0.15) is 152 Å². The molecule has 0 saturated carbocycles. The number of aromatic nitrogens is 2. The van der Waals surface area contributed by atoms with Crippen LogP contribution in [-0.4, -0.2) is 92.7 Å². The monoisotopic (exact) mass is 878 g/mol. The van der Waals surface area contributed by atoms with Crippen LogP contribution in [0.2, 0.25) is 36.3 Å². The van der Waals surface area contributed by atoms with Crippen LogP contribution in [0.15, 0.2) is 27.0 Å². The van der Waals surface area contributed by atoms with E-state index in [2.05, 4.69) is 95.0 Å². The molecule has 1 aromatic heterocycles. The van der Waals surface area contributed by atoms with Crippen molar-refractivity contribution >= 4 is 28.4 Å². The van der Waals surface area contributed by atoms with Crippen LogP contribution in [0.4, 0.5) is 0 Å². The van der Waals surface area contributed by atoms with Crippen molar-refractivity contribution in [2.24, 2.45) is 5.11 Å². The van der Waals surface area contributed by atoms with Crippen LogP contribution in [0.5, 0.6) is 0 Å². The molecule has 0 aromatic carbocycles. The van der Waals surface area contributed by atoms with Gasteiger partial charge in [-0.2, -0.15) is 0 Å². The van der Waals surface area contributed by atoms with Gasteiger partial charge >= 0.3 is 5.69 Å². The third kappa shape index (κ3) is 14.1. The molecule has 0 aliphatic carbocycles. The third-order valence-corrected chi connectivity index (χ3v) is 22.1. The van der Waals surface area contributed by atoms with Crippen LogP contribution in [0.25, 0.3) is 10.4 Å². The topological polar surface area (TPSA) is 190 Å². The zero-order chi connectivity index (χ0) is 44.9. The summed E-state index contributed by atoms with van der Waals surface area (Å²) in [4.78, 5) is 60.2. The predicted octanol–water partition coefficient (Wildman–Crippen LogP) is 9.06. The molecule has 7 atom stereocenters. The lowest BCUT2D eigenvalue weighted by Gasteiger charge is -2.44. The van der Waals surface area contributed by atoms with Gasteiger partial charge in [-0.1, -0.05) is 137 Å². The highest BCUT2D eigenvalue weighted by Gasteiger charge is 2.61. The van der Waals surface area contributed by atoms with E-state index in [9.17, 15) is 24.7 Å². The fourth-order valence-corrected chi connectivity index (χ4v) is 10.1. The minimum Gasteiger partial charge on any atom is -0.408 e. The second-order valence-electron chi connectivity index (χ2n) is 19.9. The van der Waals surface area contributed by atoms with Gasteiger partial charge in [-0.3, -0.25) is 23.9 Å². The van der Waals surface area contributed by atoms with Crippen molar-refractivity contribution in [3.05, 3.63) is 43.5 Å². The molecule has 2 saturated heterocycles. The summed E-state index contributed by atoms with van der Waals surface area (Å²) < 4.78 is 29.1. The zero-order valence-corrected chi connectivity index (χ0v) is 41.0. The fourth-order valence-electron chi connectivity index (χ4n) is 7.54. The lowest BCUT2D eigenvalue weighted by molar-refractivity contribution is -0.140. The van der Waals surface area contributed by atoms with E-state index in [4.69, 9.17) is 18.3 Å². The highest BCUT2D eigenvalue weighted by molar-refractivity contribution is 6.74. The van der Waals surface area contributed by atoms with Crippen LogP contribution in [-0.2, 0) is 27.9 Å². The first-order chi connectivity index (χ1) is 28.1. The smallest absolute Gasteiger partial charge is 0.330 e. The lowest BCUT2D eigenvalue weighted by Crippen LogP contribution is -2.58. The first kappa shape index (κ1) is 51.6. The molecule has 17 heteroatoms. The first-order valence-electron chi connectivity index (χ1n) is 22.6. The van der Waals surface area contributed by atoms with Crippen molar-refractivity contribution in [1.29, 1.82) is 0 Å². The van der Waals surface area contributed by atoms with Gasteiger partial charge in [0.15, 0.2) is 22.9 Å². The summed E-state index contributed by atoms with van der Waals surface area (Å²) in [7, 11) is -5.28. The maximum atomic E-state index is 14.4. The largest absolute Gasteiger partial charge is 0.408 e. The first-order valence-corrected chi connectivity index (χ1v) is 28.4. The van der Waals surface area contributed by atoms with Gasteiger partial charge in [0, 0.05) is 30.6 Å². The van der Waals surface area contributed by atoms with Crippen LogP contribution in [0.3, 0.4) is 0 Å². The number of carbonyl (C=O) groups is 2. The number of H-pyrrole nitrogens is 1. The van der Waals surface area contributed by atoms with Gasteiger partial charge in [-0.05, 0) is 48.2 Å². The molecule has 3 heterocycles. The standard InChI is InChI=1S/C43H79N7O8Si2/c1-13-14-15-16-17-18-19-20-21-22-23-24-25-26-28-45-39(53)34-35(55-33(30-46-48-44)50(34)31(2)51)36-37(57-59(9,10)42(3,4)5)38(58-60(11,12)43(6,7)8)40(56-36)49-29-27-32(52)47-41(49)54/h27,29,33-38,40H,13-26,28,30H2,1-12H3,(H,45,53)(H,47,52,54)/t33-,34+,35+,36-,37-,38-,40-/m1/s1. The summed E-state index contributed by atoms with van der Waals surface area (Å²) in [5, 5.41) is 6.30. The predicted molar refractivity (Wildman–Crippen MR) is 242 cm³/mol. The highest BCUT2D eigenvalue weighted by Crippen LogP contribution is 2.47. The summed E-state index contributed by atoms with van der Waals surface area (Å²) in [6.07, 6.45) is 12.4. The van der Waals surface area contributed by atoms with Gasteiger partial charge in [0.1, 0.15) is 36.7 Å². The average Bonchev–Trinajstić information content (AvgIpc) is 3.69. The fraction of sp³-hybridized carbons (Fsp3) is 0.860. The molecule has 2 fully saturated rings. The van der Waals surface area contributed by atoms with Gasteiger partial charge in [0.05, 0.1) is 6.54 Å². The molecular weight excluding hydrogens is 799 g/mol. The number of nitrogens with zero attached hydrogens (tertiary/aromatic N) is 5. The molecule has 0 bridgehead atoms. The molecule has 2 N–H and O–H groups in total. The van der Waals surface area contributed by atoms with Crippen molar-refractivity contribution in [3.8, 4) is 0 Å². The number of carbonyl (C=O) groups excluding carboxylic acids is 2. The maximum Gasteiger partial charge on any atom is 0.330 e. The van der Waals surface area contributed by atoms with Crippen LogP contribution < -0.4 is 16.6 Å². The number of hydrogen-bond donors (Lipinski definition) is 2. The molecule has 0 unspecified atom stereocenters. The van der Waals surface area contributed by atoms with Gasteiger partial charge in [-0.25, -0.2) is 4.79 Å². The summed E-state index contributed by atoms with van der Waals surface area (Å²) in [6.45, 7) is 24.9. The minimum atomic E-state index is -2.65. The summed E-state index contributed by atoms with van der Waals surface area (Å²) >= 11 is 0. The molecule has 3 rings (SSSR count). The molecule has 0 spiro atoms. The van der Waals surface area contributed by atoms with Crippen LogP contribution >= 0.6 is 0 Å². The number of hydrogen-bond acceptors (Lipinski definition) is 9. The average molecular weight is 878 g/mol. The SMILES string of the molecule is CCCCCCCCCCCCCCCCNC(=O)[C@@H]1[C@@H]([C@H]2O[C@@H](n3ccc(=O)[nH]c3=O)[C@H](O[Si](C)(C)C(C)(C)C)[C@@H]2O[Si](C)(C)C(C)(C)C)O[C@H](CN=[N+]=[N-])N1C(C)=O. The molecule has 2 aliphatic rings. The Hall–Kier alpha value is -2.80. The van der Waals surface area contributed by atoms with Gasteiger partial charge in [-0.15, -0.1) is 0 Å². The molecule has 2 aliphatic heterocycles. The molecule has 342 valence electrons. The Morgan fingerprint density at radius 3 is 1.78 bits per heavy atom. The number of amides is 2. The number of nitrogens with one attached hydrogen (secondary N) is 2. The summed E-state index contributed by atoms with van der Waals surface area (Å²) in [6, 6.07) is 0.0705. The Kier molecular flexibility index (Phi) is 19.8. The van der Waals surface area contributed by atoms with E-state index in [0.29, 0.717) is 6.54 Å².